The molecule has 104 valence electrons. The molecule has 0 aromatic heterocycles. The highest BCUT2D eigenvalue weighted by Gasteiger charge is 2.12. The molecule has 0 saturated carbocycles. The lowest BCUT2D eigenvalue weighted by Gasteiger charge is -2.15. The van der Waals surface area contributed by atoms with Gasteiger partial charge < -0.3 is 0 Å². The number of hydrogen-bond donors (Lipinski definition) is 0. The third-order valence-electron chi connectivity index (χ3n) is 3.34. The average molecular weight is 280 g/mol. The Kier molecular flexibility index (Phi) is 4.97. The van der Waals surface area contributed by atoms with E-state index < -0.39 is 8.07 Å². The molecule has 0 radical (unpaired) electrons. The maximum Gasteiger partial charge on any atom is 0.0480 e. The first kappa shape index (κ1) is 14.8. The first-order valence-electron chi connectivity index (χ1n) is 7.33. The topological polar surface area (TPSA) is 0 Å². The Morgan fingerprint density at radius 1 is 0.850 bits per heavy atom. The quantitative estimate of drug-likeness (QED) is 0.621. The van der Waals surface area contributed by atoms with E-state index in [1.807, 2.05) is 0 Å². The molecule has 0 bridgehead atoms. The average Bonchev–Trinajstić information content (AvgIpc) is 2.44. The Hall–Kier alpha value is -1.60. The van der Waals surface area contributed by atoms with Crippen LogP contribution in [0.3, 0.4) is 0 Å². The molecule has 0 fully saturated rings. The summed E-state index contributed by atoms with van der Waals surface area (Å²) in [6.45, 7) is 7.28. The van der Waals surface area contributed by atoms with E-state index in [-0.39, 0.29) is 0 Å². The Morgan fingerprint density at radius 2 is 1.40 bits per heavy atom. The molecule has 0 aliphatic heterocycles. The summed E-state index contributed by atoms with van der Waals surface area (Å²) in [5.41, 5.74) is 4.20. The van der Waals surface area contributed by atoms with Crippen LogP contribution in [0.4, 0.5) is 0 Å². The molecule has 2 aromatic carbocycles. The molecule has 0 atom stereocenters. The number of hydrogen-bond acceptors (Lipinski definition) is 0. The van der Waals surface area contributed by atoms with Gasteiger partial charge in [-0.1, -0.05) is 86.4 Å². The zero-order chi connectivity index (χ0) is 14.4. The summed E-state index contributed by atoms with van der Waals surface area (Å²) < 4.78 is 0. The minimum atomic E-state index is -1.05. The van der Waals surface area contributed by atoms with Crippen molar-refractivity contribution in [3.63, 3.8) is 0 Å². The predicted octanol–water partition coefficient (Wildman–Crippen LogP) is 5.65. The maximum absolute atomic E-state index is 2.47. The van der Waals surface area contributed by atoms with Crippen molar-refractivity contribution in [2.24, 2.45) is 0 Å². The standard InChI is InChI=1S/C19H24Si/c1-20(2,3)15-14-19(18-12-8-5-9-13-18)16-17-10-6-4-7-11-17/h4-14H,15-16H2,1-3H3. The molecule has 0 aliphatic rings. The number of benzene rings is 2. The van der Waals surface area contributed by atoms with E-state index in [1.54, 1.807) is 0 Å². The third-order valence-corrected chi connectivity index (χ3v) is 4.77. The molecular formula is C19H24Si. The van der Waals surface area contributed by atoms with Crippen LogP contribution in [0.2, 0.25) is 25.7 Å². The first-order chi connectivity index (χ1) is 9.54. The van der Waals surface area contributed by atoms with E-state index in [9.17, 15) is 0 Å². The van der Waals surface area contributed by atoms with Crippen molar-refractivity contribution >= 4 is 13.6 Å². The van der Waals surface area contributed by atoms with Crippen LogP contribution in [0.25, 0.3) is 5.57 Å². The lowest BCUT2D eigenvalue weighted by molar-refractivity contribution is 1.27. The Bertz CT molecular complexity index is 547. The largest absolute Gasteiger partial charge is 0.0830 e. The van der Waals surface area contributed by atoms with E-state index in [0.29, 0.717) is 0 Å². The molecule has 0 spiro atoms. The zero-order valence-corrected chi connectivity index (χ0v) is 13.8. The summed E-state index contributed by atoms with van der Waals surface area (Å²) in [4.78, 5) is 0. The second-order valence-electron chi connectivity index (χ2n) is 6.52. The van der Waals surface area contributed by atoms with Crippen molar-refractivity contribution in [2.45, 2.75) is 32.1 Å². The summed E-state index contributed by atoms with van der Waals surface area (Å²) in [5, 5.41) is 0. The maximum atomic E-state index is 2.47. The van der Waals surface area contributed by atoms with Crippen molar-refractivity contribution in [2.75, 3.05) is 0 Å². The molecule has 0 aliphatic carbocycles. The lowest BCUT2D eigenvalue weighted by Crippen LogP contribution is -2.17. The molecule has 0 unspecified atom stereocenters. The highest BCUT2D eigenvalue weighted by molar-refractivity contribution is 6.76. The van der Waals surface area contributed by atoms with E-state index in [1.165, 1.54) is 22.7 Å². The molecule has 2 aromatic rings. The minimum Gasteiger partial charge on any atom is -0.0830 e. The monoisotopic (exact) mass is 280 g/mol. The fourth-order valence-electron chi connectivity index (χ4n) is 2.19. The van der Waals surface area contributed by atoms with Gasteiger partial charge in [-0.3, -0.25) is 0 Å². The molecule has 0 amide bonds. The molecule has 20 heavy (non-hydrogen) atoms. The summed E-state index contributed by atoms with van der Waals surface area (Å²) in [6.07, 6.45) is 3.49. The summed E-state index contributed by atoms with van der Waals surface area (Å²) in [6, 6.07) is 22.8. The molecule has 0 N–H and O–H groups in total. The van der Waals surface area contributed by atoms with Crippen LogP contribution in [0.1, 0.15) is 11.1 Å². The van der Waals surface area contributed by atoms with Gasteiger partial charge in [-0.15, -0.1) is 0 Å². The molecule has 0 nitrogen and oxygen atoms in total. The Balaban J connectivity index is 2.25. The normalized spacial score (nSPS) is 12.4. The van der Waals surface area contributed by atoms with Gasteiger partial charge in [0.15, 0.2) is 0 Å². The van der Waals surface area contributed by atoms with Crippen LogP contribution in [0.5, 0.6) is 0 Å². The van der Waals surface area contributed by atoms with Gasteiger partial charge in [0.25, 0.3) is 0 Å². The van der Waals surface area contributed by atoms with Gasteiger partial charge in [-0.25, -0.2) is 0 Å². The van der Waals surface area contributed by atoms with Gasteiger partial charge in [0.2, 0.25) is 0 Å². The van der Waals surface area contributed by atoms with Gasteiger partial charge in [0, 0.05) is 8.07 Å². The molecular weight excluding hydrogens is 256 g/mol. The number of allylic oxidation sites excluding steroid dienone is 2. The first-order valence-corrected chi connectivity index (χ1v) is 11.0. The van der Waals surface area contributed by atoms with Gasteiger partial charge >= 0.3 is 0 Å². The van der Waals surface area contributed by atoms with E-state index >= 15 is 0 Å². The van der Waals surface area contributed by atoms with Crippen LogP contribution >= 0.6 is 0 Å². The smallest absolute Gasteiger partial charge is 0.0480 e. The van der Waals surface area contributed by atoms with Crippen molar-refractivity contribution in [1.82, 2.24) is 0 Å². The van der Waals surface area contributed by atoms with Gasteiger partial charge in [-0.05, 0) is 29.2 Å². The minimum absolute atomic E-state index is 1.02. The predicted molar refractivity (Wildman–Crippen MR) is 92.7 cm³/mol. The van der Waals surface area contributed by atoms with Crippen LogP contribution < -0.4 is 0 Å². The summed E-state index contributed by atoms with van der Waals surface area (Å²) in [5.74, 6) is 0. The van der Waals surface area contributed by atoms with E-state index in [2.05, 4.69) is 86.4 Å². The van der Waals surface area contributed by atoms with E-state index in [4.69, 9.17) is 0 Å². The molecule has 1 heteroatoms. The van der Waals surface area contributed by atoms with Gasteiger partial charge in [0.05, 0.1) is 0 Å². The van der Waals surface area contributed by atoms with Gasteiger partial charge in [0.1, 0.15) is 0 Å². The lowest BCUT2D eigenvalue weighted by atomic mass is 9.98. The zero-order valence-electron chi connectivity index (χ0n) is 12.8. The van der Waals surface area contributed by atoms with Crippen LogP contribution in [-0.2, 0) is 6.42 Å². The Labute approximate surface area is 124 Å². The van der Waals surface area contributed by atoms with Crippen molar-refractivity contribution in [3.05, 3.63) is 77.9 Å². The summed E-state index contributed by atoms with van der Waals surface area (Å²) in [7, 11) is -1.05. The third kappa shape index (κ3) is 4.82. The molecule has 0 saturated heterocycles. The van der Waals surface area contributed by atoms with E-state index in [0.717, 1.165) is 6.42 Å². The highest BCUT2D eigenvalue weighted by atomic mass is 28.3. The van der Waals surface area contributed by atoms with Crippen molar-refractivity contribution in [1.29, 1.82) is 0 Å². The summed E-state index contributed by atoms with van der Waals surface area (Å²) >= 11 is 0. The van der Waals surface area contributed by atoms with Crippen molar-refractivity contribution < 1.29 is 0 Å². The fraction of sp³-hybridized carbons (Fsp3) is 0.263. The second-order valence-corrected chi connectivity index (χ2v) is 12.1. The number of rotatable bonds is 5. The second kappa shape index (κ2) is 6.71. The SMILES string of the molecule is C[Si](C)(C)CC=C(Cc1ccccc1)c1ccccc1. The highest BCUT2D eigenvalue weighted by Crippen LogP contribution is 2.22. The fourth-order valence-corrected chi connectivity index (χ4v) is 3.05. The molecule has 2 rings (SSSR count). The van der Waals surface area contributed by atoms with Crippen LogP contribution in [0, 0.1) is 0 Å². The molecule has 0 heterocycles. The Morgan fingerprint density at radius 3 is 1.95 bits per heavy atom. The van der Waals surface area contributed by atoms with Crippen LogP contribution in [0.15, 0.2) is 66.7 Å². The van der Waals surface area contributed by atoms with Crippen LogP contribution in [-0.4, -0.2) is 8.07 Å². The van der Waals surface area contributed by atoms with Crippen molar-refractivity contribution in [3.8, 4) is 0 Å². The van der Waals surface area contributed by atoms with Gasteiger partial charge in [-0.2, -0.15) is 0 Å².